The van der Waals surface area contributed by atoms with Crippen molar-refractivity contribution in [1.82, 2.24) is 4.72 Å². The van der Waals surface area contributed by atoms with Crippen molar-refractivity contribution in [3.8, 4) is 0 Å². The lowest BCUT2D eigenvalue weighted by Crippen LogP contribution is -2.71. The van der Waals surface area contributed by atoms with E-state index < -0.39 is 51.7 Å². The zero-order chi connectivity index (χ0) is 21.6. The van der Waals surface area contributed by atoms with Gasteiger partial charge in [-0.1, -0.05) is 6.92 Å². The van der Waals surface area contributed by atoms with Crippen LogP contribution in [0.3, 0.4) is 0 Å². The second-order valence-electron chi connectivity index (χ2n) is 4.71. The lowest BCUT2D eigenvalue weighted by molar-refractivity contribution is -0.433. The molecule has 0 aromatic rings. The first-order valence-electron chi connectivity index (χ1n) is 6.01. The van der Waals surface area contributed by atoms with Gasteiger partial charge in [-0.05, 0) is 6.42 Å². The molecule has 0 rings (SSSR count). The Balaban J connectivity index is 6.42. The molecule has 17 heteroatoms. The number of sulfonamides is 1. The van der Waals surface area contributed by atoms with E-state index in [1.165, 1.54) is 0 Å². The van der Waals surface area contributed by atoms with Crippen LogP contribution < -0.4 is 4.72 Å². The van der Waals surface area contributed by atoms with E-state index in [1.807, 2.05) is 0 Å². The largest absolute Gasteiger partial charge is 0.460 e. The minimum Gasteiger partial charge on any atom is -0.210 e. The molecule has 0 saturated heterocycles. The van der Waals surface area contributed by atoms with Crippen molar-refractivity contribution in [2.45, 2.75) is 48.5 Å². The highest BCUT2D eigenvalue weighted by molar-refractivity contribution is 7.90. The first-order chi connectivity index (χ1) is 11.1. The summed E-state index contributed by atoms with van der Waals surface area (Å²) >= 11 is 0. The molecule has 158 valence electrons. The highest BCUT2D eigenvalue weighted by Crippen LogP contribution is 2.60. The van der Waals surface area contributed by atoms with Gasteiger partial charge >= 0.3 is 35.1 Å². The van der Waals surface area contributed by atoms with Crippen LogP contribution in [0.1, 0.15) is 13.3 Å². The molecule has 0 heterocycles. The molecule has 0 amide bonds. The van der Waals surface area contributed by atoms with Crippen LogP contribution in [-0.2, 0) is 10.0 Å². The van der Waals surface area contributed by atoms with E-state index in [2.05, 4.69) is 0 Å². The number of alkyl halides is 13. The minimum absolute atomic E-state index is 0.389. The van der Waals surface area contributed by atoms with Crippen LogP contribution in [0.4, 0.5) is 57.1 Å². The van der Waals surface area contributed by atoms with Crippen molar-refractivity contribution >= 4 is 10.0 Å². The predicted molar refractivity (Wildman–Crippen MR) is 58.0 cm³/mol. The molecule has 0 aliphatic heterocycles. The molecule has 1 N–H and O–H groups in total. The van der Waals surface area contributed by atoms with Gasteiger partial charge in [-0.3, -0.25) is 0 Å². The summed E-state index contributed by atoms with van der Waals surface area (Å²) < 4.78 is 188. The predicted octanol–water partition coefficient (Wildman–Crippen LogP) is 4.01. The molecule has 0 aliphatic rings. The van der Waals surface area contributed by atoms with Crippen LogP contribution in [0, 0.1) is 0 Å². The third-order valence-electron chi connectivity index (χ3n) is 2.78. The van der Waals surface area contributed by atoms with Crippen molar-refractivity contribution in [1.29, 1.82) is 0 Å². The smallest absolute Gasteiger partial charge is 0.210 e. The monoisotopic (exact) mass is 441 g/mol. The van der Waals surface area contributed by atoms with Gasteiger partial charge in [0.15, 0.2) is 0 Å². The second kappa shape index (κ2) is 6.56. The molecule has 0 radical (unpaired) electrons. The van der Waals surface area contributed by atoms with Gasteiger partial charge < -0.3 is 0 Å². The van der Waals surface area contributed by atoms with Crippen LogP contribution >= 0.6 is 0 Å². The fraction of sp³-hybridized carbons (Fsp3) is 1.00. The van der Waals surface area contributed by atoms with Crippen LogP contribution in [0.2, 0.25) is 0 Å². The summed E-state index contributed by atoms with van der Waals surface area (Å²) in [5.41, 5.74) is 0. The molecule has 0 atom stereocenters. The summed E-state index contributed by atoms with van der Waals surface area (Å²) in [5.74, 6) is -32.0. The summed E-state index contributed by atoms with van der Waals surface area (Å²) in [6.07, 6.45) is -7.94. The van der Waals surface area contributed by atoms with Gasteiger partial charge in [0.25, 0.3) is 10.0 Å². The molecule has 26 heavy (non-hydrogen) atoms. The van der Waals surface area contributed by atoms with Gasteiger partial charge in [0, 0.05) is 6.54 Å². The third-order valence-corrected chi connectivity index (χ3v) is 4.30. The van der Waals surface area contributed by atoms with Crippen molar-refractivity contribution < 1.29 is 65.5 Å². The maximum absolute atomic E-state index is 13.3. The van der Waals surface area contributed by atoms with Gasteiger partial charge in [0.2, 0.25) is 0 Å². The van der Waals surface area contributed by atoms with E-state index in [1.54, 1.807) is 0 Å². The summed E-state index contributed by atoms with van der Waals surface area (Å²) in [6.45, 7) is -0.0277. The van der Waals surface area contributed by atoms with Crippen LogP contribution in [0.5, 0.6) is 0 Å². The van der Waals surface area contributed by atoms with Crippen LogP contribution in [0.25, 0.3) is 0 Å². The van der Waals surface area contributed by atoms with Gasteiger partial charge in [0.05, 0.1) is 0 Å². The number of halogens is 13. The van der Waals surface area contributed by atoms with Gasteiger partial charge in [-0.15, -0.1) is 0 Å². The van der Waals surface area contributed by atoms with E-state index in [0.29, 0.717) is 4.72 Å². The highest BCUT2D eigenvalue weighted by atomic mass is 32.2. The van der Waals surface area contributed by atoms with E-state index in [0.717, 1.165) is 6.92 Å². The molecule has 0 aliphatic carbocycles. The van der Waals surface area contributed by atoms with E-state index >= 15 is 0 Å². The first kappa shape index (κ1) is 25.0. The molecule has 0 aromatic heterocycles. The van der Waals surface area contributed by atoms with E-state index in [9.17, 15) is 65.5 Å². The van der Waals surface area contributed by atoms with E-state index in [-0.39, 0.29) is 6.42 Å². The second-order valence-corrected chi connectivity index (χ2v) is 6.52. The third kappa shape index (κ3) is 3.31. The van der Waals surface area contributed by atoms with Gasteiger partial charge in [-0.25, -0.2) is 13.1 Å². The van der Waals surface area contributed by atoms with Crippen LogP contribution in [-0.4, -0.2) is 50.1 Å². The molecule has 0 spiro atoms. The average molecular weight is 441 g/mol. The lowest BCUT2D eigenvalue weighted by Gasteiger charge is -2.39. The Kier molecular flexibility index (Phi) is 6.31. The Morgan fingerprint density at radius 1 is 0.654 bits per heavy atom. The Morgan fingerprint density at radius 2 is 1.00 bits per heavy atom. The number of hydrogen-bond donors (Lipinski definition) is 1. The van der Waals surface area contributed by atoms with Crippen LogP contribution in [0.15, 0.2) is 0 Å². The summed E-state index contributed by atoms with van der Waals surface area (Å²) in [6, 6.07) is 0. The number of rotatable bonds is 8. The fourth-order valence-electron chi connectivity index (χ4n) is 1.25. The topological polar surface area (TPSA) is 46.2 Å². The lowest BCUT2D eigenvalue weighted by atomic mass is 9.98. The molecule has 0 unspecified atom stereocenters. The minimum atomic E-state index is -8.14. The molecular formula is C9H8F13NO2S. The molecular weight excluding hydrogens is 433 g/mol. The van der Waals surface area contributed by atoms with Crippen molar-refractivity contribution in [2.75, 3.05) is 6.54 Å². The zero-order valence-electron chi connectivity index (χ0n) is 12.1. The van der Waals surface area contributed by atoms with Crippen molar-refractivity contribution in [2.24, 2.45) is 0 Å². The highest BCUT2D eigenvalue weighted by Gasteiger charge is 2.92. The van der Waals surface area contributed by atoms with Crippen molar-refractivity contribution in [3.05, 3.63) is 0 Å². The summed E-state index contributed by atoms with van der Waals surface area (Å²) in [7, 11) is -6.88. The first-order valence-corrected chi connectivity index (χ1v) is 7.49. The summed E-state index contributed by atoms with van der Waals surface area (Å²) in [4.78, 5) is 0. The maximum Gasteiger partial charge on any atom is 0.460 e. The quantitative estimate of drug-likeness (QED) is 0.579. The fourth-order valence-corrected chi connectivity index (χ4v) is 2.37. The molecule has 0 fully saturated rings. The van der Waals surface area contributed by atoms with E-state index in [4.69, 9.17) is 0 Å². The zero-order valence-corrected chi connectivity index (χ0v) is 12.9. The summed E-state index contributed by atoms with van der Waals surface area (Å²) in [5, 5.41) is -7.18. The van der Waals surface area contributed by atoms with Gasteiger partial charge in [-0.2, -0.15) is 57.1 Å². The average Bonchev–Trinajstić information content (AvgIpc) is 2.42. The maximum atomic E-state index is 13.3. The normalized spacial score (nSPS) is 16.1. The Morgan fingerprint density at radius 3 is 1.31 bits per heavy atom. The molecule has 3 nitrogen and oxygen atoms in total. The van der Waals surface area contributed by atoms with Crippen molar-refractivity contribution in [3.63, 3.8) is 0 Å². The molecule has 0 saturated carbocycles. The number of nitrogens with one attached hydrogen (secondary N) is 1. The Labute approximate surface area is 136 Å². The van der Waals surface area contributed by atoms with Gasteiger partial charge in [0.1, 0.15) is 0 Å². The number of hydrogen-bond acceptors (Lipinski definition) is 2. The Hall–Kier alpha value is -1.00. The Bertz CT molecular complexity index is 610. The SMILES string of the molecule is CCCNS(=O)(=O)C(F)(F)C(F)(F)C(F)(F)C(F)(F)C(F)(F)C(F)(F)F. The standard InChI is InChI=1S/C9H8F13NO2S/c1-2-3-23-26(24,25)9(21,22)7(16,17)5(12,13)4(10,11)6(14,15)8(18,19)20/h23H,2-3H2,1H3. The molecule has 0 bridgehead atoms. The molecule has 0 aromatic carbocycles.